The van der Waals surface area contributed by atoms with E-state index < -0.39 is 0 Å². The number of thioether (sulfide) groups is 1. The maximum Gasteiger partial charge on any atom is 0.232 e. The van der Waals surface area contributed by atoms with Crippen LogP contribution >= 0.6 is 11.8 Å². The lowest BCUT2D eigenvalue weighted by Gasteiger charge is -2.25. The van der Waals surface area contributed by atoms with E-state index in [0.29, 0.717) is 17.8 Å². The molecule has 0 radical (unpaired) electrons. The summed E-state index contributed by atoms with van der Waals surface area (Å²) >= 11 is 1.59. The van der Waals surface area contributed by atoms with E-state index in [9.17, 15) is 4.79 Å². The van der Waals surface area contributed by atoms with Crippen LogP contribution in [-0.2, 0) is 4.79 Å². The number of nitrogens with zero attached hydrogens (tertiary/aromatic N) is 2. The zero-order chi connectivity index (χ0) is 15.5. The number of likely N-dealkylation sites (N-methyl/N-ethyl adjacent to an activating group) is 1. The molecule has 22 heavy (non-hydrogen) atoms. The van der Waals surface area contributed by atoms with Gasteiger partial charge in [0, 0.05) is 30.1 Å². The number of rotatable bonds is 4. The van der Waals surface area contributed by atoms with Gasteiger partial charge in [0.2, 0.25) is 5.91 Å². The third-order valence-electron chi connectivity index (χ3n) is 4.90. The molecule has 2 fully saturated rings. The van der Waals surface area contributed by atoms with Gasteiger partial charge in [0.15, 0.2) is 0 Å². The third-order valence-corrected chi connectivity index (χ3v) is 5.88. The highest BCUT2D eigenvalue weighted by Gasteiger charge is 2.35. The molecule has 2 bridgehead atoms. The number of fused-ring (bicyclic) bond motifs is 2. The lowest BCUT2D eigenvalue weighted by atomic mass is 10.1. The predicted octanol–water partition coefficient (Wildman–Crippen LogP) is 2.48. The average molecular weight is 320 g/mol. The molecule has 5 heteroatoms. The quantitative estimate of drug-likeness (QED) is 0.798. The van der Waals surface area contributed by atoms with Crippen molar-refractivity contribution in [2.75, 3.05) is 33.0 Å². The number of likely N-dealkylation sites (tertiary alicyclic amines) is 1. The molecule has 0 aliphatic carbocycles. The topological polar surface area (TPSA) is 32.8 Å². The van der Waals surface area contributed by atoms with Crippen molar-refractivity contribution in [2.45, 2.75) is 36.2 Å². The Kier molecular flexibility index (Phi) is 4.93. The molecule has 0 N–H and O–H groups in total. The summed E-state index contributed by atoms with van der Waals surface area (Å²) in [5, 5.41) is 0. The van der Waals surface area contributed by atoms with Crippen LogP contribution in [0.3, 0.4) is 0 Å². The van der Waals surface area contributed by atoms with Crippen LogP contribution in [0.15, 0.2) is 29.2 Å². The van der Waals surface area contributed by atoms with E-state index in [1.807, 2.05) is 24.3 Å². The second kappa shape index (κ2) is 6.92. The number of amides is 1. The van der Waals surface area contributed by atoms with E-state index in [2.05, 4.69) is 16.8 Å². The molecule has 2 heterocycles. The summed E-state index contributed by atoms with van der Waals surface area (Å²) in [5.74, 6) is 1.61. The highest BCUT2D eigenvalue weighted by atomic mass is 32.2. The molecule has 0 spiro atoms. The molecule has 1 aromatic carbocycles. The highest BCUT2D eigenvalue weighted by molar-refractivity contribution is 8.00. The van der Waals surface area contributed by atoms with Gasteiger partial charge in [-0.25, -0.2) is 0 Å². The molecule has 1 amide bonds. The molecule has 4 nitrogen and oxygen atoms in total. The number of ether oxygens (including phenoxy) is 1. The summed E-state index contributed by atoms with van der Waals surface area (Å²) in [6.07, 6.45) is 3.64. The van der Waals surface area contributed by atoms with Crippen LogP contribution in [0.1, 0.15) is 19.3 Å². The molecular weight excluding hydrogens is 296 g/mol. The van der Waals surface area contributed by atoms with Gasteiger partial charge >= 0.3 is 0 Å². The monoisotopic (exact) mass is 320 g/mol. The fraction of sp³-hybridized carbons (Fsp3) is 0.588. The van der Waals surface area contributed by atoms with Gasteiger partial charge in [-0.15, -0.1) is 11.8 Å². The van der Waals surface area contributed by atoms with Crippen LogP contribution in [0.25, 0.3) is 0 Å². The first-order valence-corrected chi connectivity index (χ1v) is 8.92. The Balaban J connectivity index is 1.55. The number of hydrogen-bond donors (Lipinski definition) is 0. The second-order valence-corrected chi connectivity index (χ2v) is 7.20. The normalized spacial score (nSPS) is 25.1. The molecule has 0 unspecified atom stereocenters. The number of hydrogen-bond acceptors (Lipinski definition) is 4. The summed E-state index contributed by atoms with van der Waals surface area (Å²) in [6, 6.07) is 9.13. The van der Waals surface area contributed by atoms with Gasteiger partial charge in [0.05, 0.1) is 12.9 Å². The van der Waals surface area contributed by atoms with Gasteiger partial charge in [0.1, 0.15) is 5.75 Å². The van der Waals surface area contributed by atoms with Crippen molar-refractivity contribution in [1.82, 2.24) is 9.80 Å². The summed E-state index contributed by atoms with van der Waals surface area (Å²) in [6.45, 7) is 1.80. The minimum atomic E-state index is 0.258. The SMILES string of the molecule is COc1cccc(SCC(=O)N2CC[C@H]3CC[C@@H](C2)N3C)c1. The molecule has 3 rings (SSSR count). The fourth-order valence-corrected chi connectivity index (χ4v) is 4.31. The Bertz CT molecular complexity index is 537. The molecule has 0 saturated carbocycles. The maximum absolute atomic E-state index is 12.5. The molecule has 1 aromatic rings. The molecule has 2 saturated heterocycles. The summed E-state index contributed by atoms with van der Waals surface area (Å²) < 4.78 is 5.23. The third kappa shape index (κ3) is 3.41. The minimum absolute atomic E-state index is 0.258. The Morgan fingerprint density at radius 1 is 1.32 bits per heavy atom. The molecule has 2 aliphatic heterocycles. The molecular formula is C17H24N2O2S. The molecule has 120 valence electrons. The second-order valence-electron chi connectivity index (χ2n) is 6.15. The average Bonchev–Trinajstić information content (AvgIpc) is 2.78. The van der Waals surface area contributed by atoms with Crippen LogP contribution in [-0.4, -0.2) is 60.8 Å². The summed E-state index contributed by atoms with van der Waals surface area (Å²) in [4.78, 5) is 18.1. The fourth-order valence-electron chi connectivity index (χ4n) is 3.46. The zero-order valence-electron chi connectivity index (χ0n) is 13.3. The van der Waals surface area contributed by atoms with E-state index in [4.69, 9.17) is 4.74 Å². The van der Waals surface area contributed by atoms with Crippen LogP contribution in [0.4, 0.5) is 0 Å². The van der Waals surface area contributed by atoms with E-state index >= 15 is 0 Å². The first kappa shape index (κ1) is 15.7. The van der Waals surface area contributed by atoms with E-state index in [-0.39, 0.29) is 5.91 Å². The molecule has 2 aliphatic rings. The van der Waals surface area contributed by atoms with Crippen LogP contribution in [0, 0.1) is 0 Å². The van der Waals surface area contributed by atoms with E-state index in [1.54, 1.807) is 18.9 Å². The Morgan fingerprint density at radius 3 is 2.95 bits per heavy atom. The Hall–Kier alpha value is -1.20. The number of carbonyl (C=O) groups excluding carboxylic acids is 1. The smallest absolute Gasteiger partial charge is 0.232 e. The van der Waals surface area contributed by atoms with Gasteiger partial charge in [-0.2, -0.15) is 0 Å². The van der Waals surface area contributed by atoms with Crippen molar-refractivity contribution in [3.8, 4) is 5.75 Å². The van der Waals surface area contributed by atoms with Gasteiger partial charge in [-0.1, -0.05) is 6.07 Å². The zero-order valence-corrected chi connectivity index (χ0v) is 14.1. The largest absolute Gasteiger partial charge is 0.497 e. The predicted molar refractivity (Wildman–Crippen MR) is 89.5 cm³/mol. The van der Waals surface area contributed by atoms with Crippen molar-refractivity contribution in [3.63, 3.8) is 0 Å². The van der Waals surface area contributed by atoms with Gasteiger partial charge in [-0.05, 0) is 44.5 Å². The van der Waals surface area contributed by atoms with Gasteiger partial charge < -0.3 is 9.64 Å². The first-order valence-electron chi connectivity index (χ1n) is 7.94. The van der Waals surface area contributed by atoms with Gasteiger partial charge in [-0.3, -0.25) is 9.69 Å². The highest BCUT2D eigenvalue weighted by Crippen LogP contribution is 2.29. The van der Waals surface area contributed by atoms with Crippen molar-refractivity contribution < 1.29 is 9.53 Å². The van der Waals surface area contributed by atoms with Crippen LogP contribution in [0.2, 0.25) is 0 Å². The van der Waals surface area contributed by atoms with Crippen molar-refractivity contribution >= 4 is 17.7 Å². The lowest BCUT2D eigenvalue weighted by molar-refractivity contribution is -0.128. The van der Waals surface area contributed by atoms with Crippen molar-refractivity contribution in [1.29, 1.82) is 0 Å². The summed E-state index contributed by atoms with van der Waals surface area (Å²) in [7, 11) is 3.87. The standard InChI is InChI=1S/C17H24N2O2S/c1-18-13-6-7-14(18)11-19(9-8-13)17(20)12-22-16-5-3-4-15(10-16)21-2/h3-5,10,13-14H,6-9,11-12H2,1-2H3/t13-,14+/m1/s1. The van der Waals surface area contributed by atoms with Crippen molar-refractivity contribution in [2.24, 2.45) is 0 Å². The first-order chi connectivity index (χ1) is 10.7. The minimum Gasteiger partial charge on any atom is -0.497 e. The van der Waals surface area contributed by atoms with Crippen LogP contribution in [0.5, 0.6) is 5.75 Å². The van der Waals surface area contributed by atoms with Crippen LogP contribution < -0.4 is 4.74 Å². The van der Waals surface area contributed by atoms with E-state index in [0.717, 1.165) is 30.2 Å². The van der Waals surface area contributed by atoms with E-state index in [1.165, 1.54) is 12.8 Å². The number of benzene rings is 1. The Morgan fingerprint density at radius 2 is 2.14 bits per heavy atom. The molecule has 0 aromatic heterocycles. The lowest BCUT2D eigenvalue weighted by Crippen LogP contribution is -2.40. The Labute approximate surface area is 136 Å². The number of methoxy groups -OCH3 is 1. The van der Waals surface area contributed by atoms with Crippen molar-refractivity contribution in [3.05, 3.63) is 24.3 Å². The molecule has 2 atom stereocenters. The summed E-state index contributed by atoms with van der Waals surface area (Å²) in [5.41, 5.74) is 0. The number of carbonyl (C=O) groups is 1. The van der Waals surface area contributed by atoms with Gasteiger partial charge in [0.25, 0.3) is 0 Å². The maximum atomic E-state index is 12.5.